The molecule has 8 aromatic rings. The van der Waals surface area contributed by atoms with Crippen molar-refractivity contribution in [1.29, 1.82) is 0 Å². The van der Waals surface area contributed by atoms with E-state index >= 15 is 0 Å². The molecule has 0 atom stereocenters. The molecule has 3 aromatic heterocycles. The van der Waals surface area contributed by atoms with Crippen molar-refractivity contribution in [2.45, 2.75) is 6.92 Å². The van der Waals surface area contributed by atoms with Crippen molar-refractivity contribution in [3.63, 3.8) is 0 Å². The molecule has 0 unspecified atom stereocenters. The Hall–Kier alpha value is -6.32. The Bertz CT molecular complexity index is 2850. The van der Waals surface area contributed by atoms with Crippen molar-refractivity contribution in [2.24, 2.45) is 0 Å². The van der Waals surface area contributed by atoms with E-state index in [-0.39, 0.29) is 19.5 Å². The second-order valence-corrected chi connectivity index (χ2v) is 12.7. The summed E-state index contributed by atoms with van der Waals surface area (Å²) in [5.74, 6) is 3.02. The number of hydrogen-bond acceptors (Lipinski definition) is 8. The Morgan fingerprint density at radius 1 is 0.491 bits per heavy atom. The van der Waals surface area contributed by atoms with Crippen molar-refractivity contribution in [1.82, 2.24) is 39.9 Å². The van der Waals surface area contributed by atoms with E-state index in [1.165, 1.54) is 5.69 Å². The molecule has 5 heterocycles. The summed E-state index contributed by atoms with van der Waals surface area (Å²) in [6.07, 6.45) is 0. The van der Waals surface area contributed by atoms with Crippen LogP contribution in [0.15, 0.2) is 121 Å². The molecule has 53 heavy (non-hydrogen) atoms. The normalized spacial score (nSPS) is 11.6. The van der Waals surface area contributed by atoms with Crippen molar-refractivity contribution in [3.8, 4) is 51.3 Å². The summed E-state index contributed by atoms with van der Waals surface area (Å²) in [5.41, 5.74) is 7.37. The summed E-state index contributed by atoms with van der Waals surface area (Å²) in [5, 5.41) is 3.63. The first-order valence-corrected chi connectivity index (χ1v) is 17.4. The maximum Gasteiger partial charge on any atom is 0.164 e. The molecule has 2 N–H and O–H groups in total. The number of aromatic amines is 2. The third-order valence-electron chi connectivity index (χ3n) is 9.66. The van der Waals surface area contributed by atoms with Crippen molar-refractivity contribution in [2.75, 3.05) is 24.6 Å². The number of nitrogens with zero attached hydrogens (tertiary/aromatic N) is 7. The van der Waals surface area contributed by atoms with Crippen molar-refractivity contribution < 1.29 is 24.2 Å². The number of para-hydroxylation sites is 1. The van der Waals surface area contributed by atoms with Crippen LogP contribution in [0.25, 0.3) is 89.7 Å². The number of aromatic nitrogens is 8. The smallest absolute Gasteiger partial charge is 0.164 e. The molecule has 0 fully saturated rings. The summed E-state index contributed by atoms with van der Waals surface area (Å²) in [6, 6.07) is 40.6. The molecule has 0 amide bonds. The van der Waals surface area contributed by atoms with Gasteiger partial charge in [-0.2, -0.15) is 0 Å². The monoisotopic (exact) mass is 741 g/mol. The summed E-state index contributed by atoms with van der Waals surface area (Å²) >= 11 is 0. The van der Waals surface area contributed by atoms with Crippen LogP contribution < -0.4 is 9.64 Å². The summed E-state index contributed by atoms with van der Waals surface area (Å²) < 4.78 is 6.35. The average Bonchev–Trinajstić information content (AvgIpc) is 3.92. The van der Waals surface area contributed by atoms with Gasteiger partial charge in [0.05, 0.1) is 6.54 Å². The second kappa shape index (κ2) is 13.3. The number of H-pyrrole nitrogens is 2. The molecule has 11 heteroatoms. The molecule has 0 aliphatic carbocycles. The number of hydrogen-bond donors (Lipinski definition) is 2. The quantitative estimate of drug-likeness (QED) is 0.162. The van der Waals surface area contributed by atoms with Gasteiger partial charge in [0.1, 0.15) is 34.9 Å². The van der Waals surface area contributed by atoms with Crippen LogP contribution in [0.1, 0.15) is 6.92 Å². The molecule has 0 spiro atoms. The predicted molar refractivity (Wildman–Crippen MR) is 206 cm³/mol. The van der Waals surface area contributed by atoms with Crippen LogP contribution >= 0.6 is 0 Å². The minimum atomic E-state index is 0. The van der Waals surface area contributed by atoms with Crippen LogP contribution in [0.2, 0.25) is 0 Å². The van der Waals surface area contributed by atoms with E-state index in [2.05, 4.69) is 46.1 Å². The van der Waals surface area contributed by atoms with Crippen LogP contribution in [0.4, 0.5) is 5.69 Å². The zero-order valence-corrected chi connectivity index (χ0v) is 31.9. The minimum absolute atomic E-state index is 0. The minimum Gasteiger partial charge on any atom is -0.492 e. The number of likely N-dealkylation sites (N-methyl/N-ethyl adjacent to an activating group) is 1. The SMILES string of the molecule is CCN(CCOc1ccc2c3nc4nc(nc5[nH]c(nc6nc(nc([nH]3)c2c1)-c1ccccc1-6)c1ccccc51)-c1ccccc1-4)c1ccccc1.[Zn]. The molecule has 5 aromatic carbocycles. The first-order valence-electron chi connectivity index (χ1n) is 17.4. The van der Waals surface area contributed by atoms with Crippen LogP contribution in [0.5, 0.6) is 5.75 Å². The fourth-order valence-corrected chi connectivity index (χ4v) is 7.09. The largest absolute Gasteiger partial charge is 0.492 e. The Kier molecular flexibility index (Phi) is 8.20. The molecule has 0 saturated heterocycles. The Balaban J connectivity index is 0.00000372. The Morgan fingerprint density at radius 2 is 0.925 bits per heavy atom. The molecule has 0 radical (unpaired) electrons. The van der Waals surface area contributed by atoms with Gasteiger partial charge in [-0.05, 0) is 37.3 Å². The standard InChI is InChI=1S/C42H31N9O.Zn/c1-2-51(25-12-4-3-5-13-25)22-23-52-26-20-21-33-34(24-26)42-49-40-32-19-11-10-18-31(32)38(47-40)45-36-28-15-7-6-14-27(28)35(43-36)44-37-29-16-8-9-17-30(29)39(46-37)48-41(33)50-42;/h3-21,24H,2,22-23H2,1H3,(H2,43,44,45,46,47,48,49,50);. The van der Waals surface area contributed by atoms with E-state index in [9.17, 15) is 0 Å². The van der Waals surface area contributed by atoms with Crippen LogP contribution in [0, 0.1) is 0 Å². The number of benzene rings is 5. The second-order valence-electron chi connectivity index (χ2n) is 12.7. The number of anilines is 1. The predicted octanol–water partition coefficient (Wildman–Crippen LogP) is 8.77. The van der Waals surface area contributed by atoms with E-state index < -0.39 is 0 Å². The van der Waals surface area contributed by atoms with Crippen LogP contribution in [0.3, 0.4) is 0 Å². The van der Waals surface area contributed by atoms with E-state index in [1.807, 2.05) is 97.1 Å². The topological polar surface area (TPSA) is 121 Å². The Morgan fingerprint density at radius 3 is 1.42 bits per heavy atom. The number of ether oxygens (including phenoxy) is 1. The van der Waals surface area contributed by atoms with Gasteiger partial charge in [-0.15, -0.1) is 0 Å². The van der Waals surface area contributed by atoms with Crippen molar-refractivity contribution >= 4 is 49.8 Å². The average molecular weight is 743 g/mol. The van der Waals surface area contributed by atoms with Gasteiger partial charge in [0, 0.05) is 75.5 Å². The third-order valence-corrected chi connectivity index (χ3v) is 9.66. The molecule has 10 nitrogen and oxygen atoms in total. The number of nitrogens with one attached hydrogen (secondary N) is 2. The van der Waals surface area contributed by atoms with Gasteiger partial charge in [0.15, 0.2) is 23.3 Å². The van der Waals surface area contributed by atoms with E-state index in [1.54, 1.807) is 0 Å². The van der Waals surface area contributed by atoms with Crippen LogP contribution in [-0.2, 0) is 19.5 Å². The molecular formula is C42H31N9OZn. The molecule has 0 saturated carbocycles. The molecule has 252 valence electrons. The zero-order chi connectivity index (χ0) is 34.6. The van der Waals surface area contributed by atoms with Crippen molar-refractivity contribution in [3.05, 3.63) is 121 Å². The van der Waals surface area contributed by atoms with Crippen LogP contribution in [-0.4, -0.2) is 59.6 Å². The summed E-state index contributed by atoms with van der Waals surface area (Å²) in [6.45, 7) is 4.31. The Labute approximate surface area is 316 Å². The number of rotatable bonds is 6. The van der Waals surface area contributed by atoms with E-state index in [4.69, 9.17) is 34.6 Å². The molecule has 2 aliphatic heterocycles. The van der Waals surface area contributed by atoms with Gasteiger partial charge in [0.25, 0.3) is 0 Å². The molecule has 2 aliphatic rings. The first kappa shape index (κ1) is 32.6. The van der Waals surface area contributed by atoms with Gasteiger partial charge in [-0.25, -0.2) is 29.9 Å². The van der Waals surface area contributed by atoms with Gasteiger partial charge in [0.2, 0.25) is 0 Å². The molecular weight excluding hydrogens is 712 g/mol. The fraction of sp³-hybridized carbons (Fsp3) is 0.0952. The summed E-state index contributed by atoms with van der Waals surface area (Å²) in [7, 11) is 0. The van der Waals surface area contributed by atoms with Gasteiger partial charge >= 0.3 is 0 Å². The fourth-order valence-electron chi connectivity index (χ4n) is 7.09. The zero-order valence-electron chi connectivity index (χ0n) is 28.9. The number of fused-ring (bicyclic) bond motifs is 20. The third kappa shape index (κ3) is 5.70. The molecule has 8 bridgehead atoms. The maximum absolute atomic E-state index is 6.35. The van der Waals surface area contributed by atoms with E-state index in [0.29, 0.717) is 52.5 Å². The van der Waals surface area contributed by atoms with Gasteiger partial charge < -0.3 is 19.6 Å². The van der Waals surface area contributed by atoms with E-state index in [0.717, 1.165) is 62.6 Å². The molecule has 10 rings (SSSR count). The van der Waals surface area contributed by atoms with Gasteiger partial charge in [-0.3, -0.25) is 0 Å². The first-order chi connectivity index (χ1) is 25.7. The van der Waals surface area contributed by atoms with Gasteiger partial charge in [-0.1, -0.05) is 91.0 Å². The summed E-state index contributed by atoms with van der Waals surface area (Å²) in [4.78, 5) is 39.7. The maximum atomic E-state index is 6.35.